The molecule has 1 unspecified atom stereocenters. The van der Waals surface area contributed by atoms with Gasteiger partial charge >= 0.3 is 0 Å². The van der Waals surface area contributed by atoms with E-state index in [1.165, 1.54) is 0 Å². The van der Waals surface area contributed by atoms with Crippen LogP contribution in [0.3, 0.4) is 0 Å². The number of rotatable bonds is 5. The predicted octanol–water partition coefficient (Wildman–Crippen LogP) is 1.75. The van der Waals surface area contributed by atoms with Gasteiger partial charge in [-0.2, -0.15) is 0 Å². The molecular formula is C13H23N3O2. The van der Waals surface area contributed by atoms with E-state index >= 15 is 0 Å². The second-order valence-electron chi connectivity index (χ2n) is 5.87. The Hall–Kier alpha value is -1.36. The number of amides is 1. The number of nitrogens with zero attached hydrogens (tertiary/aromatic N) is 1. The van der Waals surface area contributed by atoms with Crippen molar-refractivity contribution in [2.75, 3.05) is 0 Å². The van der Waals surface area contributed by atoms with Gasteiger partial charge in [-0.3, -0.25) is 4.79 Å². The van der Waals surface area contributed by atoms with Crippen molar-refractivity contribution in [2.24, 2.45) is 11.1 Å². The van der Waals surface area contributed by atoms with Crippen LogP contribution in [0.4, 0.5) is 0 Å². The van der Waals surface area contributed by atoms with Crippen LogP contribution in [-0.4, -0.2) is 16.9 Å². The highest BCUT2D eigenvalue weighted by molar-refractivity contribution is 5.76. The van der Waals surface area contributed by atoms with Gasteiger partial charge in [0.1, 0.15) is 5.76 Å². The first-order valence-electron chi connectivity index (χ1n) is 6.20. The summed E-state index contributed by atoms with van der Waals surface area (Å²) in [5.41, 5.74) is 6.07. The SMILES string of the molecule is Cc1cnc(CNC(=O)CC(N)CC(C)(C)C)o1. The smallest absolute Gasteiger partial charge is 0.221 e. The highest BCUT2D eigenvalue weighted by atomic mass is 16.4. The highest BCUT2D eigenvalue weighted by Gasteiger charge is 2.18. The summed E-state index contributed by atoms with van der Waals surface area (Å²) in [5, 5.41) is 2.75. The molecule has 3 N–H and O–H groups in total. The highest BCUT2D eigenvalue weighted by Crippen LogP contribution is 2.20. The lowest BCUT2D eigenvalue weighted by molar-refractivity contribution is -0.121. The molecule has 1 amide bonds. The molecule has 0 aliphatic heterocycles. The Morgan fingerprint density at radius 3 is 2.72 bits per heavy atom. The van der Waals surface area contributed by atoms with E-state index in [1.54, 1.807) is 6.20 Å². The first-order valence-corrected chi connectivity index (χ1v) is 6.20. The van der Waals surface area contributed by atoms with Gasteiger partial charge in [0.05, 0.1) is 12.7 Å². The molecule has 1 rings (SSSR count). The number of hydrogen-bond acceptors (Lipinski definition) is 4. The van der Waals surface area contributed by atoms with E-state index in [0.29, 0.717) is 18.9 Å². The molecule has 0 bridgehead atoms. The molecule has 5 heteroatoms. The van der Waals surface area contributed by atoms with Crippen molar-refractivity contribution >= 4 is 5.91 Å². The van der Waals surface area contributed by atoms with Crippen molar-refractivity contribution < 1.29 is 9.21 Å². The summed E-state index contributed by atoms with van der Waals surface area (Å²) in [6, 6.07) is -0.115. The van der Waals surface area contributed by atoms with Crippen LogP contribution in [-0.2, 0) is 11.3 Å². The molecule has 0 saturated carbocycles. The lowest BCUT2D eigenvalue weighted by atomic mass is 9.87. The average Bonchev–Trinajstić information content (AvgIpc) is 2.58. The van der Waals surface area contributed by atoms with Crippen molar-refractivity contribution in [1.82, 2.24) is 10.3 Å². The molecule has 0 spiro atoms. The molecule has 18 heavy (non-hydrogen) atoms. The maximum atomic E-state index is 11.7. The summed E-state index contributed by atoms with van der Waals surface area (Å²) in [6.07, 6.45) is 2.78. The summed E-state index contributed by atoms with van der Waals surface area (Å²) in [4.78, 5) is 15.7. The monoisotopic (exact) mass is 253 g/mol. The fourth-order valence-electron chi connectivity index (χ4n) is 1.83. The molecule has 0 radical (unpaired) electrons. The van der Waals surface area contributed by atoms with Crippen LogP contribution in [0.1, 0.15) is 45.3 Å². The zero-order chi connectivity index (χ0) is 13.8. The van der Waals surface area contributed by atoms with E-state index in [4.69, 9.17) is 10.2 Å². The minimum Gasteiger partial charge on any atom is -0.444 e. The average molecular weight is 253 g/mol. The second-order valence-corrected chi connectivity index (χ2v) is 5.87. The number of carbonyl (C=O) groups excluding carboxylic acids is 1. The van der Waals surface area contributed by atoms with Crippen LogP contribution >= 0.6 is 0 Å². The van der Waals surface area contributed by atoms with Gasteiger partial charge < -0.3 is 15.5 Å². The number of aromatic nitrogens is 1. The largest absolute Gasteiger partial charge is 0.444 e. The van der Waals surface area contributed by atoms with Crippen molar-refractivity contribution in [3.63, 3.8) is 0 Å². The van der Waals surface area contributed by atoms with Crippen molar-refractivity contribution in [3.05, 3.63) is 17.8 Å². The molecule has 0 aliphatic carbocycles. The Labute approximate surface area is 108 Å². The Bertz CT molecular complexity index is 393. The molecule has 1 aromatic rings. The maximum absolute atomic E-state index is 11.7. The zero-order valence-corrected chi connectivity index (χ0v) is 11.6. The van der Waals surface area contributed by atoms with Crippen molar-refractivity contribution in [2.45, 2.75) is 53.1 Å². The van der Waals surface area contributed by atoms with Gasteiger partial charge in [0, 0.05) is 12.5 Å². The molecule has 0 fully saturated rings. The molecule has 1 heterocycles. The molecular weight excluding hydrogens is 230 g/mol. The van der Waals surface area contributed by atoms with Crippen LogP contribution in [0.2, 0.25) is 0 Å². The van der Waals surface area contributed by atoms with E-state index in [9.17, 15) is 4.79 Å². The number of hydrogen-bond donors (Lipinski definition) is 2. The second kappa shape index (κ2) is 6.00. The van der Waals surface area contributed by atoms with E-state index in [1.807, 2.05) is 6.92 Å². The number of nitrogens with two attached hydrogens (primary N) is 1. The normalized spacial score (nSPS) is 13.4. The summed E-state index contributed by atoms with van der Waals surface area (Å²) < 4.78 is 5.26. The predicted molar refractivity (Wildman–Crippen MR) is 69.8 cm³/mol. The van der Waals surface area contributed by atoms with Crippen molar-refractivity contribution in [1.29, 1.82) is 0 Å². The number of oxazole rings is 1. The van der Waals surface area contributed by atoms with Gasteiger partial charge in [0.15, 0.2) is 0 Å². The third-order valence-electron chi connectivity index (χ3n) is 2.43. The van der Waals surface area contributed by atoms with Gasteiger partial charge in [-0.1, -0.05) is 20.8 Å². The molecule has 1 atom stereocenters. The molecule has 0 aliphatic rings. The summed E-state index contributed by atoms with van der Waals surface area (Å²) in [5.74, 6) is 1.19. The third-order valence-corrected chi connectivity index (χ3v) is 2.43. The number of carbonyl (C=O) groups is 1. The van der Waals surface area contributed by atoms with Crippen LogP contribution in [0.15, 0.2) is 10.6 Å². The summed E-state index contributed by atoms with van der Waals surface area (Å²) >= 11 is 0. The van der Waals surface area contributed by atoms with Gasteiger partial charge in [0.25, 0.3) is 0 Å². The minimum atomic E-state index is -0.115. The van der Waals surface area contributed by atoms with Gasteiger partial charge in [-0.15, -0.1) is 0 Å². The number of aryl methyl sites for hydroxylation is 1. The Morgan fingerprint density at radius 2 is 2.22 bits per heavy atom. The lowest BCUT2D eigenvalue weighted by Crippen LogP contribution is -2.34. The third kappa shape index (κ3) is 5.82. The first kappa shape index (κ1) is 14.7. The van der Waals surface area contributed by atoms with Gasteiger partial charge in [0.2, 0.25) is 11.8 Å². The quantitative estimate of drug-likeness (QED) is 0.837. The van der Waals surface area contributed by atoms with Crippen LogP contribution in [0, 0.1) is 12.3 Å². The Morgan fingerprint density at radius 1 is 1.56 bits per heavy atom. The van der Waals surface area contributed by atoms with Crippen molar-refractivity contribution in [3.8, 4) is 0 Å². The molecule has 1 aromatic heterocycles. The summed E-state index contributed by atoms with van der Waals surface area (Å²) in [6.45, 7) is 8.47. The first-order chi connectivity index (χ1) is 8.26. The molecule has 102 valence electrons. The maximum Gasteiger partial charge on any atom is 0.221 e. The number of nitrogens with one attached hydrogen (secondary N) is 1. The van der Waals surface area contributed by atoms with Crippen LogP contribution in [0.5, 0.6) is 0 Å². The molecule has 0 aromatic carbocycles. The van der Waals surface area contributed by atoms with Gasteiger partial charge in [-0.05, 0) is 18.8 Å². The van der Waals surface area contributed by atoms with E-state index < -0.39 is 0 Å². The minimum absolute atomic E-state index is 0.0670. The fourth-order valence-corrected chi connectivity index (χ4v) is 1.83. The molecule has 5 nitrogen and oxygen atoms in total. The van der Waals surface area contributed by atoms with Gasteiger partial charge in [-0.25, -0.2) is 4.98 Å². The standard InChI is InChI=1S/C13H23N3O2/c1-9-7-16-12(18-9)8-15-11(17)5-10(14)6-13(2,3)4/h7,10H,5-6,8,14H2,1-4H3,(H,15,17). The van der Waals surface area contributed by atoms with Crippen LogP contribution < -0.4 is 11.1 Å². The Balaban J connectivity index is 2.29. The van der Waals surface area contributed by atoms with E-state index in [0.717, 1.165) is 12.2 Å². The molecule has 0 saturated heterocycles. The fraction of sp³-hybridized carbons (Fsp3) is 0.692. The topological polar surface area (TPSA) is 81.2 Å². The zero-order valence-electron chi connectivity index (χ0n) is 11.6. The van der Waals surface area contributed by atoms with Crippen LogP contribution in [0.25, 0.3) is 0 Å². The van der Waals surface area contributed by atoms with E-state index in [-0.39, 0.29) is 17.4 Å². The Kier molecular flexibility index (Phi) is 4.90. The summed E-state index contributed by atoms with van der Waals surface area (Å²) in [7, 11) is 0. The van der Waals surface area contributed by atoms with E-state index in [2.05, 4.69) is 31.1 Å². The lowest BCUT2D eigenvalue weighted by Gasteiger charge is -2.22.